The largest absolute Gasteiger partial charge is 0.496 e. The summed E-state index contributed by atoms with van der Waals surface area (Å²) in [6.07, 6.45) is -0.936. The third-order valence-electron chi connectivity index (χ3n) is 5.18. The lowest BCUT2D eigenvalue weighted by molar-refractivity contribution is -0.136. The van der Waals surface area contributed by atoms with Gasteiger partial charge < -0.3 is 19.7 Å². The van der Waals surface area contributed by atoms with E-state index in [1.54, 1.807) is 31.4 Å². The summed E-state index contributed by atoms with van der Waals surface area (Å²) in [6.45, 7) is 6.13. The van der Waals surface area contributed by atoms with Gasteiger partial charge >= 0.3 is 5.97 Å². The molecule has 0 aliphatic rings. The van der Waals surface area contributed by atoms with Crippen molar-refractivity contribution in [2.45, 2.75) is 39.2 Å². The average molecular weight is 421 g/mol. The Morgan fingerprint density at radius 3 is 2.10 bits per heavy atom. The third kappa shape index (κ3) is 5.44. The lowest BCUT2D eigenvalue weighted by Gasteiger charge is -2.21. The number of aliphatic hydroxyl groups is 1. The number of benzene rings is 3. The molecular formula is C26H28O5. The molecule has 0 fully saturated rings. The van der Waals surface area contributed by atoms with Crippen molar-refractivity contribution in [3.8, 4) is 17.2 Å². The van der Waals surface area contributed by atoms with Crippen molar-refractivity contribution in [2.75, 3.05) is 7.11 Å². The number of hydrogen-bond acceptors (Lipinski definition) is 4. The molecule has 0 spiro atoms. The molecule has 31 heavy (non-hydrogen) atoms. The molecule has 0 bridgehead atoms. The Hall–Kier alpha value is -3.31. The molecule has 3 aromatic carbocycles. The molecule has 0 aromatic heterocycles. The second kappa shape index (κ2) is 9.67. The van der Waals surface area contributed by atoms with Crippen molar-refractivity contribution >= 4 is 5.97 Å². The van der Waals surface area contributed by atoms with Crippen molar-refractivity contribution in [1.29, 1.82) is 0 Å². The van der Waals surface area contributed by atoms with E-state index in [1.165, 1.54) is 0 Å². The molecule has 162 valence electrons. The zero-order valence-corrected chi connectivity index (χ0v) is 18.3. The van der Waals surface area contributed by atoms with Crippen LogP contribution in [0.25, 0.3) is 0 Å². The minimum absolute atomic E-state index is 0.0439. The highest BCUT2D eigenvalue weighted by Crippen LogP contribution is 2.40. The average Bonchev–Trinajstić information content (AvgIpc) is 2.74. The van der Waals surface area contributed by atoms with Gasteiger partial charge in [0.1, 0.15) is 23.4 Å². The van der Waals surface area contributed by atoms with E-state index in [0.29, 0.717) is 28.4 Å². The van der Waals surface area contributed by atoms with Crippen molar-refractivity contribution in [1.82, 2.24) is 0 Å². The van der Waals surface area contributed by atoms with Gasteiger partial charge in [-0.1, -0.05) is 55.8 Å². The van der Waals surface area contributed by atoms with Crippen LogP contribution in [-0.4, -0.2) is 23.3 Å². The van der Waals surface area contributed by atoms with E-state index in [-0.39, 0.29) is 12.3 Å². The lowest BCUT2D eigenvalue weighted by Crippen LogP contribution is -2.05. The number of methoxy groups -OCH3 is 1. The summed E-state index contributed by atoms with van der Waals surface area (Å²) in [5.41, 5.74) is 4.13. The van der Waals surface area contributed by atoms with Crippen molar-refractivity contribution in [3.05, 3.63) is 88.5 Å². The highest BCUT2D eigenvalue weighted by Gasteiger charge is 2.21. The Morgan fingerprint density at radius 1 is 0.935 bits per heavy atom. The molecule has 3 rings (SSSR count). The van der Waals surface area contributed by atoms with E-state index in [4.69, 9.17) is 14.6 Å². The summed E-state index contributed by atoms with van der Waals surface area (Å²) in [5, 5.41) is 20.1. The number of carboxylic acid groups (broad SMARTS) is 1. The van der Waals surface area contributed by atoms with Crippen LogP contribution < -0.4 is 9.47 Å². The Morgan fingerprint density at radius 2 is 1.55 bits per heavy atom. The number of hydrogen-bond donors (Lipinski definition) is 2. The van der Waals surface area contributed by atoms with Crippen LogP contribution in [0.15, 0.2) is 60.7 Å². The van der Waals surface area contributed by atoms with Gasteiger partial charge in [-0.05, 0) is 48.2 Å². The summed E-state index contributed by atoms with van der Waals surface area (Å²) in [7, 11) is 1.62. The molecule has 1 atom stereocenters. The summed E-state index contributed by atoms with van der Waals surface area (Å²) in [5.74, 6) is 1.10. The van der Waals surface area contributed by atoms with Gasteiger partial charge in [0.05, 0.1) is 13.5 Å². The minimum atomic E-state index is -0.892. The number of ether oxygens (including phenoxy) is 2. The van der Waals surface area contributed by atoms with Gasteiger partial charge in [0, 0.05) is 11.1 Å². The summed E-state index contributed by atoms with van der Waals surface area (Å²) in [4.78, 5) is 10.9. The number of carboxylic acids is 1. The van der Waals surface area contributed by atoms with E-state index >= 15 is 0 Å². The number of rotatable bonds is 8. The predicted octanol–water partition coefficient (Wildman–Crippen LogP) is 5.63. The first kappa shape index (κ1) is 22.4. The Balaban J connectivity index is 2.02. The van der Waals surface area contributed by atoms with Crippen molar-refractivity contribution in [2.24, 2.45) is 0 Å². The van der Waals surface area contributed by atoms with Crippen LogP contribution in [0.2, 0.25) is 0 Å². The van der Waals surface area contributed by atoms with Crippen LogP contribution >= 0.6 is 0 Å². The van der Waals surface area contributed by atoms with Crippen molar-refractivity contribution in [3.63, 3.8) is 0 Å². The molecule has 2 N–H and O–H groups in total. The Kier molecular flexibility index (Phi) is 6.98. The van der Waals surface area contributed by atoms with Gasteiger partial charge in [-0.15, -0.1) is 0 Å². The SMILES string of the molecule is COc1cc(C(O)c2ccc(C)cc2)c(Oc2ccc(CC(=O)O)cc2)cc1C(C)C. The second-order valence-corrected chi connectivity index (χ2v) is 7.92. The van der Waals surface area contributed by atoms with E-state index in [9.17, 15) is 9.90 Å². The van der Waals surface area contributed by atoms with Crippen LogP contribution in [0, 0.1) is 6.92 Å². The molecule has 0 heterocycles. The molecule has 5 nitrogen and oxygen atoms in total. The first-order valence-electron chi connectivity index (χ1n) is 10.2. The fourth-order valence-electron chi connectivity index (χ4n) is 3.43. The smallest absolute Gasteiger partial charge is 0.307 e. The topological polar surface area (TPSA) is 76.0 Å². The highest BCUT2D eigenvalue weighted by molar-refractivity contribution is 5.70. The molecular weight excluding hydrogens is 392 g/mol. The van der Waals surface area contributed by atoms with Crippen LogP contribution in [0.1, 0.15) is 53.7 Å². The van der Waals surface area contributed by atoms with Gasteiger partial charge in [0.25, 0.3) is 0 Å². The van der Waals surface area contributed by atoms with E-state index in [2.05, 4.69) is 13.8 Å². The van der Waals surface area contributed by atoms with Gasteiger partial charge in [-0.3, -0.25) is 4.79 Å². The number of aliphatic carboxylic acids is 1. The molecule has 3 aromatic rings. The first-order valence-corrected chi connectivity index (χ1v) is 10.2. The van der Waals surface area contributed by atoms with Gasteiger partial charge in [0.2, 0.25) is 0 Å². The number of carbonyl (C=O) groups is 1. The lowest BCUT2D eigenvalue weighted by atomic mass is 9.94. The normalized spacial score (nSPS) is 11.9. The van der Waals surface area contributed by atoms with Gasteiger partial charge in [0.15, 0.2) is 0 Å². The summed E-state index contributed by atoms with van der Waals surface area (Å²) in [6, 6.07) is 18.4. The third-order valence-corrected chi connectivity index (χ3v) is 5.18. The summed E-state index contributed by atoms with van der Waals surface area (Å²) < 4.78 is 11.8. The van der Waals surface area contributed by atoms with E-state index in [0.717, 1.165) is 16.7 Å². The zero-order valence-electron chi connectivity index (χ0n) is 18.3. The highest BCUT2D eigenvalue weighted by atomic mass is 16.5. The summed E-state index contributed by atoms with van der Waals surface area (Å²) >= 11 is 0. The maximum atomic E-state index is 11.1. The van der Waals surface area contributed by atoms with Crippen LogP contribution in [0.5, 0.6) is 17.2 Å². The molecule has 0 aliphatic carbocycles. The number of aryl methyl sites for hydroxylation is 1. The fraction of sp³-hybridized carbons (Fsp3) is 0.269. The first-order chi connectivity index (χ1) is 14.8. The quantitative estimate of drug-likeness (QED) is 0.494. The monoisotopic (exact) mass is 420 g/mol. The van der Waals surface area contributed by atoms with Crippen LogP contribution in [-0.2, 0) is 11.2 Å². The van der Waals surface area contributed by atoms with Crippen molar-refractivity contribution < 1.29 is 24.5 Å². The molecule has 1 unspecified atom stereocenters. The standard InChI is InChI=1S/C26H28O5/c1-16(2)21-14-24(31-20-11-7-18(8-12-20)13-25(27)28)22(15-23(21)30-4)26(29)19-9-5-17(3)6-10-19/h5-12,14-16,26,29H,13H2,1-4H3,(H,27,28). The Labute approximate surface area is 182 Å². The van der Waals surface area contributed by atoms with Gasteiger partial charge in [-0.2, -0.15) is 0 Å². The molecule has 0 saturated heterocycles. The molecule has 5 heteroatoms. The van der Waals surface area contributed by atoms with Crippen LogP contribution in [0.4, 0.5) is 0 Å². The molecule has 0 amide bonds. The van der Waals surface area contributed by atoms with Crippen LogP contribution in [0.3, 0.4) is 0 Å². The minimum Gasteiger partial charge on any atom is -0.496 e. The predicted molar refractivity (Wildman–Crippen MR) is 120 cm³/mol. The second-order valence-electron chi connectivity index (χ2n) is 7.92. The maximum absolute atomic E-state index is 11.1. The fourth-order valence-corrected chi connectivity index (χ4v) is 3.43. The van der Waals surface area contributed by atoms with Gasteiger partial charge in [-0.25, -0.2) is 0 Å². The molecule has 0 saturated carbocycles. The molecule has 0 aliphatic heterocycles. The number of aliphatic hydroxyl groups excluding tert-OH is 1. The van der Waals surface area contributed by atoms with E-state index < -0.39 is 12.1 Å². The Bertz CT molecular complexity index is 1040. The zero-order chi connectivity index (χ0) is 22.5. The van der Waals surface area contributed by atoms with E-state index in [1.807, 2.05) is 43.3 Å². The molecule has 0 radical (unpaired) electrons. The maximum Gasteiger partial charge on any atom is 0.307 e.